The molecular formula is C11H13N3O2. The molecule has 84 valence electrons. The van der Waals surface area contributed by atoms with Crippen molar-refractivity contribution in [3.05, 3.63) is 33.1 Å². The van der Waals surface area contributed by atoms with Crippen molar-refractivity contribution < 1.29 is 4.92 Å². The minimum atomic E-state index is -0.378. The van der Waals surface area contributed by atoms with Gasteiger partial charge in [-0.25, -0.2) is 0 Å². The van der Waals surface area contributed by atoms with E-state index in [1.165, 1.54) is 6.20 Å². The third-order valence-corrected chi connectivity index (χ3v) is 2.28. The SMILES string of the molecule is C#CCNCc1ncc(C)c([N+](=O)[O-])c1C. The molecule has 0 bridgehead atoms. The Kier molecular flexibility index (Phi) is 3.97. The zero-order valence-corrected chi connectivity index (χ0v) is 9.28. The lowest BCUT2D eigenvalue weighted by atomic mass is 10.1. The van der Waals surface area contributed by atoms with Crippen LogP contribution in [0.3, 0.4) is 0 Å². The molecule has 0 aliphatic carbocycles. The number of terminal acetylenes is 1. The van der Waals surface area contributed by atoms with Crippen LogP contribution in [0.15, 0.2) is 6.20 Å². The van der Waals surface area contributed by atoms with E-state index in [1.807, 2.05) is 0 Å². The first-order valence-corrected chi connectivity index (χ1v) is 4.81. The summed E-state index contributed by atoms with van der Waals surface area (Å²) in [5.41, 5.74) is 1.96. The molecule has 0 fully saturated rings. The first-order valence-electron chi connectivity index (χ1n) is 4.81. The van der Waals surface area contributed by atoms with Crippen molar-refractivity contribution in [1.29, 1.82) is 0 Å². The Balaban J connectivity index is 3.00. The van der Waals surface area contributed by atoms with E-state index in [1.54, 1.807) is 13.8 Å². The number of aromatic nitrogens is 1. The molecule has 1 aromatic rings. The Morgan fingerprint density at radius 1 is 1.62 bits per heavy atom. The summed E-state index contributed by atoms with van der Waals surface area (Å²) in [7, 11) is 0. The predicted molar refractivity (Wildman–Crippen MR) is 60.9 cm³/mol. The van der Waals surface area contributed by atoms with Crippen LogP contribution >= 0.6 is 0 Å². The minimum Gasteiger partial charge on any atom is -0.301 e. The lowest BCUT2D eigenvalue weighted by Crippen LogP contribution is -2.16. The van der Waals surface area contributed by atoms with Gasteiger partial charge in [-0.2, -0.15) is 0 Å². The van der Waals surface area contributed by atoms with E-state index in [9.17, 15) is 10.1 Å². The second-order valence-electron chi connectivity index (χ2n) is 3.43. The normalized spacial score (nSPS) is 9.81. The molecule has 0 saturated carbocycles. The molecule has 0 spiro atoms. The number of pyridine rings is 1. The van der Waals surface area contributed by atoms with Gasteiger partial charge < -0.3 is 5.32 Å². The summed E-state index contributed by atoms with van der Waals surface area (Å²) in [4.78, 5) is 14.6. The second kappa shape index (κ2) is 5.24. The van der Waals surface area contributed by atoms with Gasteiger partial charge in [0.25, 0.3) is 5.69 Å². The molecule has 0 radical (unpaired) electrons. The fraction of sp³-hybridized carbons (Fsp3) is 0.364. The number of rotatable bonds is 4. The number of hydrogen-bond acceptors (Lipinski definition) is 4. The number of nitro groups is 1. The van der Waals surface area contributed by atoms with Gasteiger partial charge in [0.1, 0.15) is 0 Å². The van der Waals surface area contributed by atoms with Gasteiger partial charge >= 0.3 is 0 Å². The Bertz CT molecular complexity index is 449. The molecule has 0 atom stereocenters. The maximum Gasteiger partial charge on any atom is 0.278 e. The van der Waals surface area contributed by atoms with E-state index >= 15 is 0 Å². The zero-order chi connectivity index (χ0) is 12.1. The summed E-state index contributed by atoms with van der Waals surface area (Å²) in [6.45, 7) is 4.24. The van der Waals surface area contributed by atoms with Crippen LogP contribution in [0, 0.1) is 36.3 Å². The van der Waals surface area contributed by atoms with Gasteiger partial charge in [0.2, 0.25) is 0 Å². The van der Waals surface area contributed by atoms with E-state index in [0.29, 0.717) is 29.9 Å². The molecule has 1 aromatic heterocycles. The van der Waals surface area contributed by atoms with Crippen LogP contribution in [0.5, 0.6) is 0 Å². The average Bonchev–Trinajstić information content (AvgIpc) is 2.21. The topological polar surface area (TPSA) is 68.1 Å². The Morgan fingerprint density at radius 3 is 2.88 bits per heavy atom. The van der Waals surface area contributed by atoms with Crippen LogP contribution < -0.4 is 5.32 Å². The third-order valence-electron chi connectivity index (χ3n) is 2.28. The van der Waals surface area contributed by atoms with Gasteiger partial charge in [-0.15, -0.1) is 6.42 Å². The monoisotopic (exact) mass is 219 g/mol. The smallest absolute Gasteiger partial charge is 0.278 e. The standard InChI is InChI=1S/C11H13N3O2/c1-4-5-12-7-10-9(3)11(14(15)16)8(2)6-13-10/h1,6,12H,5,7H2,2-3H3. The van der Waals surface area contributed by atoms with Gasteiger partial charge in [0.05, 0.1) is 17.2 Å². The van der Waals surface area contributed by atoms with Crippen LogP contribution in [0.4, 0.5) is 5.69 Å². The van der Waals surface area contributed by atoms with E-state index in [2.05, 4.69) is 16.2 Å². The summed E-state index contributed by atoms with van der Waals surface area (Å²) in [6.07, 6.45) is 6.60. The van der Waals surface area contributed by atoms with Gasteiger partial charge in [-0.05, 0) is 13.8 Å². The summed E-state index contributed by atoms with van der Waals surface area (Å²) in [5, 5.41) is 13.8. The van der Waals surface area contributed by atoms with Crippen molar-refractivity contribution >= 4 is 5.69 Å². The molecule has 0 aliphatic rings. The molecule has 0 aromatic carbocycles. The first kappa shape index (κ1) is 12.1. The number of nitrogens with one attached hydrogen (secondary N) is 1. The van der Waals surface area contributed by atoms with Gasteiger partial charge in [0, 0.05) is 23.9 Å². The number of hydrogen-bond donors (Lipinski definition) is 1. The van der Waals surface area contributed by atoms with Crippen LogP contribution in [0.1, 0.15) is 16.8 Å². The third kappa shape index (κ3) is 2.55. The predicted octanol–water partition coefficient (Wildman–Crippen LogP) is 1.33. The molecule has 1 heterocycles. The molecule has 1 N–H and O–H groups in total. The summed E-state index contributed by atoms with van der Waals surface area (Å²) >= 11 is 0. The maximum absolute atomic E-state index is 10.8. The first-order chi connectivity index (χ1) is 7.57. The van der Waals surface area contributed by atoms with Crippen LogP contribution in [0.25, 0.3) is 0 Å². The summed E-state index contributed by atoms with van der Waals surface area (Å²) in [5.74, 6) is 2.43. The zero-order valence-electron chi connectivity index (χ0n) is 9.28. The molecular weight excluding hydrogens is 206 g/mol. The highest BCUT2D eigenvalue weighted by molar-refractivity contribution is 5.47. The largest absolute Gasteiger partial charge is 0.301 e. The van der Waals surface area contributed by atoms with E-state index in [4.69, 9.17) is 6.42 Å². The molecule has 5 nitrogen and oxygen atoms in total. The molecule has 0 aliphatic heterocycles. The summed E-state index contributed by atoms with van der Waals surface area (Å²) < 4.78 is 0. The molecule has 0 amide bonds. The van der Waals surface area contributed by atoms with E-state index in [0.717, 1.165) is 0 Å². The van der Waals surface area contributed by atoms with Crippen LogP contribution in [-0.2, 0) is 6.54 Å². The fourth-order valence-electron chi connectivity index (χ4n) is 1.48. The lowest BCUT2D eigenvalue weighted by molar-refractivity contribution is -0.386. The number of aryl methyl sites for hydroxylation is 1. The van der Waals surface area contributed by atoms with Crippen molar-refractivity contribution in [3.63, 3.8) is 0 Å². The highest BCUT2D eigenvalue weighted by atomic mass is 16.6. The van der Waals surface area contributed by atoms with Crippen LogP contribution in [0.2, 0.25) is 0 Å². The van der Waals surface area contributed by atoms with Crippen molar-refractivity contribution in [2.45, 2.75) is 20.4 Å². The molecule has 0 unspecified atom stereocenters. The quantitative estimate of drug-likeness (QED) is 0.359. The average molecular weight is 219 g/mol. The fourth-order valence-corrected chi connectivity index (χ4v) is 1.48. The Hall–Kier alpha value is -1.93. The van der Waals surface area contributed by atoms with E-state index in [-0.39, 0.29) is 10.6 Å². The van der Waals surface area contributed by atoms with Crippen LogP contribution in [-0.4, -0.2) is 16.5 Å². The van der Waals surface area contributed by atoms with Crippen molar-refractivity contribution in [3.8, 4) is 12.3 Å². The molecule has 1 rings (SSSR count). The molecule has 0 saturated heterocycles. The lowest BCUT2D eigenvalue weighted by Gasteiger charge is -2.07. The van der Waals surface area contributed by atoms with Gasteiger partial charge in [-0.3, -0.25) is 15.1 Å². The van der Waals surface area contributed by atoms with E-state index < -0.39 is 0 Å². The Morgan fingerprint density at radius 2 is 2.31 bits per heavy atom. The Labute approximate surface area is 94.0 Å². The summed E-state index contributed by atoms with van der Waals surface area (Å²) in [6, 6.07) is 0. The molecule has 5 heteroatoms. The number of nitrogens with zero attached hydrogens (tertiary/aromatic N) is 2. The van der Waals surface area contributed by atoms with Crippen molar-refractivity contribution in [2.75, 3.05) is 6.54 Å². The second-order valence-corrected chi connectivity index (χ2v) is 3.43. The minimum absolute atomic E-state index is 0.132. The van der Waals surface area contributed by atoms with Crippen molar-refractivity contribution in [1.82, 2.24) is 10.3 Å². The van der Waals surface area contributed by atoms with Crippen molar-refractivity contribution in [2.24, 2.45) is 0 Å². The molecule has 16 heavy (non-hydrogen) atoms. The highest BCUT2D eigenvalue weighted by Crippen LogP contribution is 2.23. The van der Waals surface area contributed by atoms with Gasteiger partial charge in [-0.1, -0.05) is 5.92 Å². The maximum atomic E-state index is 10.8. The highest BCUT2D eigenvalue weighted by Gasteiger charge is 2.17. The van der Waals surface area contributed by atoms with Gasteiger partial charge in [0.15, 0.2) is 0 Å².